The molecule has 0 spiro atoms. The van der Waals surface area contributed by atoms with Gasteiger partial charge in [0.25, 0.3) is 0 Å². The zero-order valence-electron chi connectivity index (χ0n) is 10.6. The van der Waals surface area contributed by atoms with Gasteiger partial charge in [0.2, 0.25) is 0 Å². The lowest BCUT2D eigenvalue weighted by molar-refractivity contribution is -0.143. The van der Waals surface area contributed by atoms with Crippen molar-refractivity contribution < 1.29 is 9.53 Å². The zero-order valence-corrected chi connectivity index (χ0v) is 10.6. The van der Waals surface area contributed by atoms with Crippen molar-refractivity contribution >= 4 is 12.2 Å². The third kappa shape index (κ3) is 4.38. The molecule has 1 atom stereocenters. The van der Waals surface area contributed by atoms with E-state index in [9.17, 15) is 4.79 Å². The number of rotatable bonds is 5. The van der Waals surface area contributed by atoms with Gasteiger partial charge in [-0.1, -0.05) is 29.8 Å². The van der Waals surface area contributed by atoms with Gasteiger partial charge in [0.1, 0.15) is 0 Å². The summed E-state index contributed by atoms with van der Waals surface area (Å²) in [6, 6.07) is 9.80. The van der Waals surface area contributed by atoms with E-state index in [-0.39, 0.29) is 6.61 Å². The summed E-state index contributed by atoms with van der Waals surface area (Å²) >= 11 is 0. The van der Waals surface area contributed by atoms with Crippen molar-refractivity contribution in [3.63, 3.8) is 0 Å². The summed E-state index contributed by atoms with van der Waals surface area (Å²) in [6.07, 6.45) is 1.35. The van der Waals surface area contributed by atoms with Crippen molar-refractivity contribution in [3.05, 3.63) is 35.4 Å². The molecule has 1 rings (SSSR count). The molecule has 18 heavy (non-hydrogen) atoms. The number of ether oxygens (including phenoxy) is 1. The smallest absolute Gasteiger partial charge is 0.328 e. The van der Waals surface area contributed by atoms with Gasteiger partial charge in [-0.3, -0.25) is 9.79 Å². The maximum atomic E-state index is 11.3. The molecular weight excluding hydrogens is 228 g/mol. The minimum Gasteiger partial charge on any atom is -0.465 e. The number of nitriles is 1. The maximum Gasteiger partial charge on any atom is 0.328 e. The molecule has 0 aliphatic heterocycles. The van der Waals surface area contributed by atoms with Crippen molar-refractivity contribution in [1.82, 2.24) is 0 Å². The van der Waals surface area contributed by atoms with Gasteiger partial charge < -0.3 is 4.74 Å². The second kappa shape index (κ2) is 7.23. The lowest BCUT2D eigenvalue weighted by Crippen LogP contribution is -2.17. The van der Waals surface area contributed by atoms with Gasteiger partial charge in [-0.05, 0) is 19.4 Å². The molecule has 0 saturated carbocycles. The van der Waals surface area contributed by atoms with Crippen LogP contribution >= 0.6 is 0 Å². The first kappa shape index (κ1) is 13.9. The number of carbonyl (C=O) groups excluding carboxylic acids is 1. The van der Waals surface area contributed by atoms with Crippen molar-refractivity contribution in [2.45, 2.75) is 20.4 Å². The Balaban J connectivity index is 2.55. The van der Waals surface area contributed by atoms with Crippen molar-refractivity contribution in [2.24, 2.45) is 10.9 Å². The van der Waals surface area contributed by atoms with E-state index in [1.807, 2.05) is 37.3 Å². The molecule has 4 heteroatoms. The lowest BCUT2D eigenvalue weighted by atomic mass is 10.1. The molecule has 0 aliphatic rings. The first-order valence-electron chi connectivity index (χ1n) is 5.79. The predicted octanol–water partition coefficient (Wildman–Crippen LogP) is 2.27. The fourth-order valence-electron chi connectivity index (χ4n) is 1.34. The third-order valence-electron chi connectivity index (χ3n) is 2.33. The Hall–Kier alpha value is -2.15. The molecule has 0 amide bonds. The maximum absolute atomic E-state index is 11.3. The van der Waals surface area contributed by atoms with Crippen molar-refractivity contribution in [1.29, 1.82) is 5.26 Å². The highest BCUT2D eigenvalue weighted by atomic mass is 16.5. The van der Waals surface area contributed by atoms with E-state index < -0.39 is 11.9 Å². The second-order valence-electron chi connectivity index (χ2n) is 3.83. The lowest BCUT2D eigenvalue weighted by Gasteiger charge is -2.02. The van der Waals surface area contributed by atoms with Crippen LogP contribution in [-0.4, -0.2) is 18.8 Å². The second-order valence-corrected chi connectivity index (χ2v) is 3.83. The van der Waals surface area contributed by atoms with Crippen molar-refractivity contribution in [2.75, 3.05) is 6.61 Å². The molecule has 1 aromatic carbocycles. The van der Waals surface area contributed by atoms with Gasteiger partial charge in [0.05, 0.1) is 19.2 Å². The fraction of sp³-hybridized carbons (Fsp3) is 0.357. The molecule has 0 bridgehead atoms. The van der Waals surface area contributed by atoms with Crippen LogP contribution in [0, 0.1) is 24.2 Å². The molecule has 0 aliphatic carbocycles. The fourth-order valence-corrected chi connectivity index (χ4v) is 1.34. The molecule has 4 nitrogen and oxygen atoms in total. The normalized spacial score (nSPS) is 12.1. The summed E-state index contributed by atoms with van der Waals surface area (Å²) in [5.41, 5.74) is 2.22. The Bertz CT molecular complexity index is 458. The van der Waals surface area contributed by atoms with Crippen LogP contribution in [0.15, 0.2) is 29.3 Å². The number of nitrogens with zero attached hydrogens (tertiary/aromatic N) is 2. The highest BCUT2D eigenvalue weighted by molar-refractivity contribution is 5.92. The van der Waals surface area contributed by atoms with Crippen LogP contribution in [0.1, 0.15) is 18.1 Å². The molecule has 0 unspecified atom stereocenters. The average molecular weight is 244 g/mol. The molecule has 0 saturated heterocycles. The number of aliphatic imine (C=N–C) groups is 1. The van der Waals surface area contributed by atoms with Gasteiger partial charge >= 0.3 is 5.97 Å². The molecule has 0 N–H and O–H groups in total. The molecule has 94 valence electrons. The zero-order chi connectivity index (χ0) is 13.4. The van der Waals surface area contributed by atoms with Gasteiger partial charge in [-0.25, -0.2) is 0 Å². The summed E-state index contributed by atoms with van der Waals surface area (Å²) in [5, 5.41) is 8.81. The van der Waals surface area contributed by atoms with E-state index >= 15 is 0 Å². The summed E-state index contributed by atoms with van der Waals surface area (Å²) < 4.78 is 4.76. The average Bonchev–Trinajstić information content (AvgIpc) is 2.37. The van der Waals surface area contributed by atoms with Crippen LogP contribution in [0.5, 0.6) is 0 Å². The highest BCUT2D eigenvalue weighted by Crippen LogP contribution is 2.04. The monoisotopic (exact) mass is 244 g/mol. The Kier molecular flexibility index (Phi) is 5.59. The van der Waals surface area contributed by atoms with Crippen LogP contribution in [0.3, 0.4) is 0 Å². The first-order valence-corrected chi connectivity index (χ1v) is 5.79. The number of aryl methyl sites for hydroxylation is 1. The number of hydrogen-bond acceptors (Lipinski definition) is 4. The van der Waals surface area contributed by atoms with Gasteiger partial charge in [-0.15, -0.1) is 0 Å². The van der Waals surface area contributed by atoms with E-state index in [2.05, 4.69) is 4.99 Å². The Labute approximate surface area is 107 Å². The largest absolute Gasteiger partial charge is 0.465 e. The van der Waals surface area contributed by atoms with Crippen LogP contribution in [-0.2, 0) is 16.1 Å². The van der Waals surface area contributed by atoms with Gasteiger partial charge in [0.15, 0.2) is 5.92 Å². The Morgan fingerprint density at radius 3 is 2.72 bits per heavy atom. The van der Waals surface area contributed by atoms with E-state index in [4.69, 9.17) is 10.00 Å². The first-order chi connectivity index (χ1) is 8.67. The summed E-state index contributed by atoms with van der Waals surface area (Å²) in [4.78, 5) is 15.4. The molecule has 0 heterocycles. The molecule has 0 radical (unpaired) electrons. The van der Waals surface area contributed by atoms with E-state index in [1.165, 1.54) is 11.8 Å². The van der Waals surface area contributed by atoms with E-state index in [0.717, 1.165) is 5.56 Å². The van der Waals surface area contributed by atoms with Crippen molar-refractivity contribution in [3.8, 4) is 6.07 Å². The van der Waals surface area contributed by atoms with Gasteiger partial charge in [-0.2, -0.15) is 5.26 Å². The van der Waals surface area contributed by atoms with Crippen LogP contribution in [0.2, 0.25) is 0 Å². The number of benzene rings is 1. The summed E-state index contributed by atoms with van der Waals surface area (Å²) in [7, 11) is 0. The standard InChI is InChI=1S/C14H16N2O2/c1-3-18-14(17)13(8-15)10-16-9-12-6-4-11(2)5-7-12/h4-7,10,13H,3,9H2,1-2H3/t13-/m1/s1. The van der Waals surface area contributed by atoms with Crippen LogP contribution < -0.4 is 0 Å². The quantitative estimate of drug-likeness (QED) is 0.589. The highest BCUT2D eigenvalue weighted by Gasteiger charge is 2.15. The van der Waals surface area contributed by atoms with E-state index in [0.29, 0.717) is 6.54 Å². The molecule has 0 fully saturated rings. The summed E-state index contributed by atoms with van der Waals surface area (Å²) in [6.45, 7) is 4.44. The number of hydrogen-bond donors (Lipinski definition) is 0. The van der Waals surface area contributed by atoms with E-state index in [1.54, 1.807) is 6.92 Å². The molecule has 0 aromatic heterocycles. The van der Waals surface area contributed by atoms with Crippen LogP contribution in [0.4, 0.5) is 0 Å². The Morgan fingerprint density at radius 2 is 2.17 bits per heavy atom. The number of esters is 1. The Morgan fingerprint density at radius 1 is 1.50 bits per heavy atom. The summed E-state index contributed by atoms with van der Waals surface area (Å²) in [5.74, 6) is -1.47. The minimum absolute atomic E-state index is 0.267. The molecule has 1 aromatic rings. The third-order valence-corrected chi connectivity index (χ3v) is 2.33. The molecular formula is C14H16N2O2. The predicted molar refractivity (Wildman–Crippen MR) is 69.1 cm³/mol. The van der Waals surface area contributed by atoms with Gasteiger partial charge in [0, 0.05) is 6.21 Å². The topological polar surface area (TPSA) is 62.5 Å². The SMILES string of the molecule is CCOC(=O)[C@H](C#N)C=NCc1ccc(C)cc1. The van der Waals surface area contributed by atoms with Crippen LogP contribution in [0.25, 0.3) is 0 Å². The minimum atomic E-state index is -0.921. The number of carbonyl (C=O) groups is 1.